The summed E-state index contributed by atoms with van der Waals surface area (Å²) in [5, 5.41) is 35.8. The lowest BCUT2D eigenvalue weighted by atomic mass is 10.1. The Hall–Kier alpha value is -5.06. The number of ether oxygens (including phenoxy) is 2. The first kappa shape index (κ1) is 29.2. The summed E-state index contributed by atoms with van der Waals surface area (Å²) in [4.78, 5) is 26.9. The van der Waals surface area contributed by atoms with Gasteiger partial charge in [-0.05, 0) is 24.3 Å². The number of anilines is 2. The molecule has 0 N–H and O–H groups in total. The number of benzene rings is 2. The van der Waals surface area contributed by atoms with Gasteiger partial charge in [0.2, 0.25) is 0 Å². The second-order valence-corrected chi connectivity index (χ2v) is 7.98. The molecule has 0 fully saturated rings. The molecule has 0 aliphatic carbocycles. The first-order chi connectivity index (χ1) is 18.6. The van der Waals surface area contributed by atoms with Crippen LogP contribution in [-0.2, 0) is 0 Å². The molecule has 0 aromatic heterocycles. The summed E-state index contributed by atoms with van der Waals surface area (Å²) < 4.78 is 11.6. The van der Waals surface area contributed by atoms with Gasteiger partial charge in [0.1, 0.15) is 24.7 Å². The van der Waals surface area contributed by atoms with Gasteiger partial charge in [-0.15, -0.1) is 0 Å². The highest BCUT2D eigenvalue weighted by molar-refractivity contribution is 5.81. The second-order valence-electron chi connectivity index (χ2n) is 7.98. The van der Waals surface area contributed by atoms with E-state index in [0.717, 1.165) is 11.4 Å². The fraction of sp³-hybridized carbons (Fsp3) is 0.357. The number of hydrogen-bond donors (Lipinski definition) is 0. The molecule has 0 amide bonds. The van der Waals surface area contributed by atoms with Gasteiger partial charge in [0.25, 0.3) is 0 Å². The van der Waals surface area contributed by atoms with Crippen LogP contribution in [0.4, 0.5) is 11.4 Å². The molecule has 0 unspecified atom stereocenters. The topological polar surface area (TPSA) is 154 Å². The average molecular weight is 513 g/mol. The highest BCUT2D eigenvalue weighted by Gasteiger charge is 2.13. The van der Waals surface area contributed by atoms with Gasteiger partial charge in [-0.1, -0.05) is 0 Å². The largest absolute Gasteiger partial charge is 0.489 e. The summed E-state index contributed by atoms with van der Waals surface area (Å²) in [6, 6.07) is 18.5. The van der Waals surface area contributed by atoms with Gasteiger partial charge in [-0.25, -0.2) is 0 Å². The van der Waals surface area contributed by atoms with Crippen molar-refractivity contribution < 1.29 is 19.1 Å². The predicted molar refractivity (Wildman–Crippen MR) is 140 cm³/mol. The summed E-state index contributed by atoms with van der Waals surface area (Å²) >= 11 is 0. The Kier molecular flexibility index (Phi) is 12.7. The Morgan fingerprint density at radius 3 is 1.24 bits per heavy atom. The van der Waals surface area contributed by atoms with E-state index in [1.54, 1.807) is 36.4 Å². The van der Waals surface area contributed by atoms with E-state index in [9.17, 15) is 9.59 Å². The standard InChI is InChI=1S/C28H28N6O4/c29-9-1-13-33(14-2-10-30)25-7-5-23(21-35)27(19-25)37-17-18-38-28-20-26(8-6-24(28)22-36)34(15-3-11-31)16-4-12-32/h5-8,19-22H,1-4,13-18H2. The number of rotatable bonds is 17. The van der Waals surface area contributed by atoms with Crippen molar-refractivity contribution in [2.45, 2.75) is 25.7 Å². The van der Waals surface area contributed by atoms with Crippen LogP contribution in [0.2, 0.25) is 0 Å². The van der Waals surface area contributed by atoms with Crippen molar-refractivity contribution in [3.05, 3.63) is 47.5 Å². The zero-order chi connectivity index (χ0) is 27.6. The summed E-state index contributed by atoms with van der Waals surface area (Å²) in [6.07, 6.45) is 2.50. The third-order valence-electron chi connectivity index (χ3n) is 5.55. The lowest BCUT2D eigenvalue weighted by Crippen LogP contribution is -2.25. The van der Waals surface area contributed by atoms with E-state index in [0.29, 0.717) is 61.4 Å². The number of nitriles is 4. The molecule has 194 valence electrons. The van der Waals surface area contributed by atoms with Crippen LogP contribution in [0.15, 0.2) is 36.4 Å². The molecule has 0 heterocycles. The fourth-order valence-electron chi connectivity index (χ4n) is 3.67. The summed E-state index contributed by atoms with van der Waals surface area (Å²) in [5.41, 5.74) is 2.14. The van der Waals surface area contributed by atoms with E-state index in [1.807, 2.05) is 9.80 Å². The van der Waals surface area contributed by atoms with Gasteiger partial charge in [0, 0.05) is 49.7 Å². The smallest absolute Gasteiger partial charge is 0.153 e. The Morgan fingerprint density at radius 1 is 0.605 bits per heavy atom. The minimum atomic E-state index is 0.0792. The molecule has 10 heteroatoms. The number of hydrogen-bond acceptors (Lipinski definition) is 10. The van der Waals surface area contributed by atoms with Crippen LogP contribution < -0.4 is 19.3 Å². The SMILES string of the molecule is N#CCCN(CCC#N)c1ccc(C=O)c(OCCOc2cc(N(CCC#N)CCC#N)ccc2C=O)c1. The Balaban J connectivity index is 2.13. The van der Waals surface area contributed by atoms with Gasteiger partial charge in [-0.3, -0.25) is 9.59 Å². The van der Waals surface area contributed by atoms with Crippen LogP contribution in [0, 0.1) is 45.3 Å². The Labute approximate surface area is 222 Å². The first-order valence-electron chi connectivity index (χ1n) is 12.0. The zero-order valence-electron chi connectivity index (χ0n) is 21.0. The molecule has 38 heavy (non-hydrogen) atoms. The third-order valence-corrected chi connectivity index (χ3v) is 5.55. The average Bonchev–Trinajstić information content (AvgIpc) is 2.95. The quantitative estimate of drug-likeness (QED) is 0.224. The van der Waals surface area contributed by atoms with Gasteiger partial charge in [0.05, 0.1) is 61.1 Å². The van der Waals surface area contributed by atoms with Crippen molar-refractivity contribution in [3.8, 4) is 35.8 Å². The highest BCUT2D eigenvalue weighted by atomic mass is 16.5. The summed E-state index contributed by atoms with van der Waals surface area (Å²) in [6.45, 7) is 1.90. The molecule has 0 saturated carbocycles. The van der Waals surface area contributed by atoms with Gasteiger partial charge < -0.3 is 19.3 Å². The molecule has 0 aliphatic heterocycles. The Bertz CT molecular complexity index is 1120. The molecule has 2 rings (SSSR count). The molecule has 0 radical (unpaired) electrons. The van der Waals surface area contributed by atoms with Gasteiger partial charge >= 0.3 is 0 Å². The number of carbonyl (C=O) groups excluding carboxylic acids is 2. The molecule has 0 saturated heterocycles. The van der Waals surface area contributed by atoms with Crippen LogP contribution in [-0.4, -0.2) is 52.0 Å². The molecule has 2 aromatic carbocycles. The maximum Gasteiger partial charge on any atom is 0.153 e. The van der Waals surface area contributed by atoms with Gasteiger partial charge in [-0.2, -0.15) is 21.0 Å². The van der Waals surface area contributed by atoms with E-state index < -0.39 is 0 Å². The Morgan fingerprint density at radius 2 is 0.947 bits per heavy atom. The van der Waals surface area contributed by atoms with E-state index in [4.69, 9.17) is 30.5 Å². The highest BCUT2D eigenvalue weighted by Crippen LogP contribution is 2.27. The monoisotopic (exact) mass is 512 g/mol. The summed E-state index contributed by atoms with van der Waals surface area (Å²) in [5.74, 6) is 0.673. The van der Waals surface area contributed by atoms with Crippen LogP contribution in [0.5, 0.6) is 11.5 Å². The number of nitrogens with zero attached hydrogens (tertiary/aromatic N) is 6. The second kappa shape index (κ2) is 16.6. The third kappa shape index (κ3) is 8.86. The molecule has 0 spiro atoms. The minimum absolute atomic E-state index is 0.0792. The van der Waals surface area contributed by atoms with E-state index in [1.165, 1.54) is 0 Å². The maximum absolute atomic E-state index is 11.5. The fourth-order valence-corrected chi connectivity index (χ4v) is 3.67. The molecule has 0 bridgehead atoms. The van der Waals surface area contributed by atoms with E-state index in [2.05, 4.69) is 24.3 Å². The normalized spacial score (nSPS) is 9.68. The van der Waals surface area contributed by atoms with Crippen molar-refractivity contribution in [2.75, 3.05) is 49.2 Å². The molecule has 2 aromatic rings. The van der Waals surface area contributed by atoms with Crippen LogP contribution in [0.1, 0.15) is 46.4 Å². The lowest BCUT2D eigenvalue weighted by molar-refractivity contribution is 0.110. The zero-order valence-corrected chi connectivity index (χ0v) is 21.0. The molecule has 0 aliphatic rings. The van der Waals surface area contributed by atoms with Gasteiger partial charge in [0.15, 0.2) is 12.6 Å². The molecule has 10 nitrogen and oxygen atoms in total. The lowest BCUT2D eigenvalue weighted by Gasteiger charge is -2.24. The van der Waals surface area contributed by atoms with Crippen LogP contribution >= 0.6 is 0 Å². The van der Waals surface area contributed by atoms with Crippen molar-refractivity contribution in [3.63, 3.8) is 0 Å². The van der Waals surface area contributed by atoms with Crippen molar-refractivity contribution >= 4 is 23.9 Å². The van der Waals surface area contributed by atoms with Crippen LogP contribution in [0.25, 0.3) is 0 Å². The molecule has 0 atom stereocenters. The maximum atomic E-state index is 11.5. The molecular formula is C28H28N6O4. The van der Waals surface area contributed by atoms with Crippen molar-refractivity contribution in [1.29, 1.82) is 21.0 Å². The molecular weight excluding hydrogens is 484 g/mol. The summed E-state index contributed by atoms with van der Waals surface area (Å²) in [7, 11) is 0. The number of aldehydes is 2. The van der Waals surface area contributed by atoms with Crippen LogP contribution in [0.3, 0.4) is 0 Å². The number of carbonyl (C=O) groups is 2. The van der Waals surface area contributed by atoms with Crippen molar-refractivity contribution in [1.82, 2.24) is 0 Å². The minimum Gasteiger partial charge on any atom is -0.489 e. The first-order valence-corrected chi connectivity index (χ1v) is 12.0. The predicted octanol–water partition coefficient (Wildman–Crippen LogP) is 4.04. The van der Waals surface area contributed by atoms with E-state index >= 15 is 0 Å². The van der Waals surface area contributed by atoms with Crippen molar-refractivity contribution in [2.24, 2.45) is 0 Å². The van der Waals surface area contributed by atoms with E-state index in [-0.39, 0.29) is 38.9 Å².